The summed E-state index contributed by atoms with van der Waals surface area (Å²) >= 11 is 0. The number of carbonyl (C=O) groups excluding carboxylic acids is 1. The summed E-state index contributed by atoms with van der Waals surface area (Å²) in [5.74, 6) is 0.0425. The number of rotatable bonds is 5. The number of amides is 1. The zero-order valence-corrected chi connectivity index (χ0v) is 14.3. The van der Waals surface area contributed by atoms with E-state index in [4.69, 9.17) is 0 Å². The smallest absolute Gasteiger partial charge is 0.228 e. The van der Waals surface area contributed by atoms with Crippen molar-refractivity contribution >= 4 is 22.4 Å². The van der Waals surface area contributed by atoms with E-state index in [0.717, 1.165) is 24.1 Å². The van der Waals surface area contributed by atoms with Gasteiger partial charge in [-0.25, -0.2) is 0 Å². The van der Waals surface area contributed by atoms with E-state index in [0.29, 0.717) is 6.42 Å². The second kappa shape index (κ2) is 7.31. The lowest BCUT2D eigenvalue weighted by Crippen LogP contribution is -2.17. The Morgan fingerprint density at radius 3 is 2.17 bits per heavy atom. The first-order chi connectivity index (χ1) is 11.7. The van der Waals surface area contributed by atoms with Crippen LogP contribution >= 0.6 is 0 Å². The Kier molecular flexibility index (Phi) is 4.95. The van der Waals surface area contributed by atoms with Crippen molar-refractivity contribution in [2.24, 2.45) is 0 Å². The van der Waals surface area contributed by atoms with Crippen LogP contribution in [-0.4, -0.2) is 5.91 Å². The number of aryl methyl sites for hydroxylation is 2. The van der Waals surface area contributed by atoms with Crippen LogP contribution in [-0.2, 0) is 24.1 Å². The number of hydrogen-bond acceptors (Lipinski definition) is 1. The Balaban J connectivity index is 1.80. The van der Waals surface area contributed by atoms with Crippen molar-refractivity contribution in [1.29, 1.82) is 0 Å². The van der Waals surface area contributed by atoms with E-state index in [1.54, 1.807) is 0 Å². The highest BCUT2D eigenvalue weighted by atomic mass is 16.1. The van der Waals surface area contributed by atoms with Crippen LogP contribution in [0.25, 0.3) is 10.8 Å². The molecule has 0 aromatic heterocycles. The van der Waals surface area contributed by atoms with E-state index in [1.165, 1.54) is 21.9 Å². The van der Waals surface area contributed by atoms with Gasteiger partial charge in [0.15, 0.2) is 0 Å². The lowest BCUT2D eigenvalue weighted by molar-refractivity contribution is -0.115. The van der Waals surface area contributed by atoms with E-state index in [1.807, 2.05) is 18.2 Å². The van der Waals surface area contributed by atoms with Crippen molar-refractivity contribution < 1.29 is 4.79 Å². The number of nitrogens with one attached hydrogen (secondary N) is 1. The molecule has 0 spiro atoms. The first-order valence-corrected chi connectivity index (χ1v) is 8.59. The third-order valence-electron chi connectivity index (χ3n) is 4.44. The van der Waals surface area contributed by atoms with Gasteiger partial charge in [-0.1, -0.05) is 74.5 Å². The summed E-state index contributed by atoms with van der Waals surface area (Å²) in [5.41, 5.74) is 4.42. The van der Waals surface area contributed by atoms with Gasteiger partial charge in [-0.3, -0.25) is 4.79 Å². The third kappa shape index (κ3) is 3.48. The molecule has 2 nitrogen and oxygen atoms in total. The maximum atomic E-state index is 12.5. The number of anilines is 1. The van der Waals surface area contributed by atoms with Crippen LogP contribution in [0.4, 0.5) is 5.69 Å². The molecule has 1 amide bonds. The standard InChI is InChI=1S/C22H23NO/c1-3-17-10-7-11-18(4-2)22(17)23-21(24)15-16-12-13-19-8-5-6-9-20(19)14-16/h5-14H,3-4,15H2,1-2H3,(H,23,24). The Hall–Kier alpha value is -2.61. The van der Waals surface area contributed by atoms with E-state index in [-0.39, 0.29) is 5.91 Å². The molecule has 0 aliphatic heterocycles. The number of fused-ring (bicyclic) bond motifs is 1. The molecule has 0 radical (unpaired) electrons. The summed E-state index contributed by atoms with van der Waals surface area (Å²) in [6.07, 6.45) is 2.23. The molecule has 0 saturated heterocycles. The summed E-state index contributed by atoms with van der Waals surface area (Å²) in [5, 5.41) is 5.51. The van der Waals surface area contributed by atoms with Gasteiger partial charge in [0.25, 0.3) is 0 Å². The first-order valence-electron chi connectivity index (χ1n) is 8.59. The highest BCUT2D eigenvalue weighted by Gasteiger charge is 2.11. The van der Waals surface area contributed by atoms with E-state index in [2.05, 4.69) is 61.6 Å². The maximum absolute atomic E-state index is 12.5. The molecule has 3 rings (SSSR count). The fourth-order valence-corrected chi connectivity index (χ4v) is 3.12. The molecule has 122 valence electrons. The molecular weight excluding hydrogens is 294 g/mol. The van der Waals surface area contributed by atoms with Crippen LogP contribution in [0.1, 0.15) is 30.5 Å². The average molecular weight is 317 g/mol. The van der Waals surface area contributed by atoms with Crippen LogP contribution in [0.3, 0.4) is 0 Å². The molecule has 0 saturated carbocycles. The summed E-state index contributed by atoms with van der Waals surface area (Å²) < 4.78 is 0. The summed E-state index contributed by atoms with van der Waals surface area (Å²) in [7, 11) is 0. The SMILES string of the molecule is CCc1cccc(CC)c1NC(=O)Cc1ccc2ccccc2c1. The number of benzene rings is 3. The molecular formula is C22H23NO. The lowest BCUT2D eigenvalue weighted by atomic mass is 10.0. The number of hydrogen-bond donors (Lipinski definition) is 1. The number of para-hydroxylation sites is 1. The Labute approximate surface area is 143 Å². The third-order valence-corrected chi connectivity index (χ3v) is 4.44. The van der Waals surface area contributed by atoms with E-state index >= 15 is 0 Å². The van der Waals surface area contributed by atoms with Crippen molar-refractivity contribution in [3.63, 3.8) is 0 Å². The van der Waals surface area contributed by atoms with Gasteiger partial charge in [-0.15, -0.1) is 0 Å². The molecule has 0 fully saturated rings. The first kappa shape index (κ1) is 16.3. The molecule has 0 bridgehead atoms. The van der Waals surface area contributed by atoms with E-state index in [9.17, 15) is 4.79 Å². The van der Waals surface area contributed by atoms with Crippen LogP contribution in [0.2, 0.25) is 0 Å². The highest BCUT2D eigenvalue weighted by molar-refractivity contribution is 5.94. The fourth-order valence-electron chi connectivity index (χ4n) is 3.12. The molecule has 0 aliphatic rings. The largest absolute Gasteiger partial charge is 0.325 e. The second-order valence-corrected chi connectivity index (χ2v) is 6.06. The van der Waals surface area contributed by atoms with Crippen LogP contribution < -0.4 is 5.32 Å². The zero-order chi connectivity index (χ0) is 16.9. The molecule has 3 aromatic rings. The predicted octanol–water partition coefficient (Wildman–Crippen LogP) is 5.15. The van der Waals surface area contributed by atoms with E-state index < -0.39 is 0 Å². The van der Waals surface area contributed by atoms with Gasteiger partial charge in [-0.05, 0) is 40.3 Å². The van der Waals surface area contributed by atoms with Crippen LogP contribution in [0.15, 0.2) is 60.7 Å². The Morgan fingerprint density at radius 1 is 0.833 bits per heavy atom. The molecule has 2 heteroatoms. The Bertz CT molecular complexity index is 844. The lowest BCUT2D eigenvalue weighted by Gasteiger charge is -2.14. The minimum atomic E-state index is 0.0425. The minimum absolute atomic E-state index is 0.0425. The van der Waals surface area contributed by atoms with Crippen LogP contribution in [0.5, 0.6) is 0 Å². The van der Waals surface area contributed by atoms with Gasteiger partial charge in [0.1, 0.15) is 0 Å². The molecule has 3 aromatic carbocycles. The Morgan fingerprint density at radius 2 is 1.50 bits per heavy atom. The van der Waals surface area contributed by atoms with Crippen LogP contribution in [0, 0.1) is 0 Å². The fraction of sp³-hybridized carbons (Fsp3) is 0.227. The van der Waals surface area contributed by atoms with Gasteiger partial charge in [0.2, 0.25) is 5.91 Å². The predicted molar refractivity (Wildman–Crippen MR) is 101 cm³/mol. The van der Waals surface area contributed by atoms with Crippen molar-refractivity contribution in [3.05, 3.63) is 77.4 Å². The minimum Gasteiger partial charge on any atom is -0.325 e. The monoisotopic (exact) mass is 317 g/mol. The van der Waals surface area contributed by atoms with Crippen molar-refractivity contribution in [1.82, 2.24) is 0 Å². The van der Waals surface area contributed by atoms with Crippen molar-refractivity contribution in [2.75, 3.05) is 5.32 Å². The van der Waals surface area contributed by atoms with Gasteiger partial charge in [0, 0.05) is 5.69 Å². The van der Waals surface area contributed by atoms with Gasteiger partial charge in [-0.2, -0.15) is 0 Å². The molecule has 1 N–H and O–H groups in total. The molecule has 0 heterocycles. The topological polar surface area (TPSA) is 29.1 Å². The highest BCUT2D eigenvalue weighted by Crippen LogP contribution is 2.23. The molecule has 0 aliphatic carbocycles. The summed E-state index contributed by atoms with van der Waals surface area (Å²) in [6, 6.07) is 20.7. The average Bonchev–Trinajstić information content (AvgIpc) is 2.61. The normalized spacial score (nSPS) is 10.8. The number of carbonyl (C=O) groups is 1. The quantitative estimate of drug-likeness (QED) is 0.693. The van der Waals surface area contributed by atoms with Crippen molar-refractivity contribution in [2.45, 2.75) is 33.1 Å². The summed E-state index contributed by atoms with van der Waals surface area (Å²) in [6.45, 7) is 4.24. The molecule has 0 unspecified atom stereocenters. The second-order valence-electron chi connectivity index (χ2n) is 6.06. The van der Waals surface area contributed by atoms with Crippen molar-refractivity contribution in [3.8, 4) is 0 Å². The summed E-state index contributed by atoms with van der Waals surface area (Å²) in [4.78, 5) is 12.5. The van der Waals surface area contributed by atoms with Gasteiger partial charge in [0.05, 0.1) is 6.42 Å². The van der Waals surface area contributed by atoms with Gasteiger partial charge >= 0.3 is 0 Å². The maximum Gasteiger partial charge on any atom is 0.228 e. The zero-order valence-electron chi connectivity index (χ0n) is 14.3. The van der Waals surface area contributed by atoms with Gasteiger partial charge < -0.3 is 5.32 Å². The molecule has 0 atom stereocenters. The molecule has 24 heavy (non-hydrogen) atoms.